The Labute approximate surface area is 163 Å². The van der Waals surface area contributed by atoms with Gasteiger partial charge in [0.2, 0.25) is 11.7 Å². The number of fused-ring (bicyclic) bond motifs is 1. The number of benzene rings is 1. The topological polar surface area (TPSA) is 83.0 Å². The monoisotopic (exact) mass is 400 g/mol. The minimum atomic E-state index is -0.0469. The predicted molar refractivity (Wildman–Crippen MR) is 105 cm³/mol. The SMILES string of the molecule is CCOc1ccccc1-c1noc(CSc2nc3ccsc3c(=O)n2C)n1. The molecule has 0 unspecified atom stereocenters. The van der Waals surface area contributed by atoms with E-state index in [2.05, 4.69) is 15.1 Å². The van der Waals surface area contributed by atoms with Gasteiger partial charge in [0.05, 0.1) is 23.4 Å². The first kappa shape index (κ1) is 17.7. The number of hydrogen-bond donors (Lipinski definition) is 0. The van der Waals surface area contributed by atoms with E-state index in [1.54, 1.807) is 11.6 Å². The molecule has 0 bridgehead atoms. The number of nitrogens with zero attached hydrogens (tertiary/aromatic N) is 4. The molecule has 0 aliphatic rings. The van der Waals surface area contributed by atoms with E-state index in [9.17, 15) is 4.79 Å². The van der Waals surface area contributed by atoms with Crippen LogP contribution in [0.2, 0.25) is 0 Å². The van der Waals surface area contributed by atoms with Crippen molar-refractivity contribution in [2.24, 2.45) is 7.05 Å². The number of para-hydroxylation sites is 1. The molecule has 3 aromatic heterocycles. The van der Waals surface area contributed by atoms with E-state index in [1.165, 1.54) is 23.1 Å². The summed E-state index contributed by atoms with van der Waals surface area (Å²) in [5.41, 5.74) is 1.45. The number of rotatable bonds is 6. The number of ether oxygens (including phenoxy) is 1. The normalized spacial score (nSPS) is 11.2. The van der Waals surface area contributed by atoms with Crippen molar-refractivity contribution in [1.29, 1.82) is 0 Å². The smallest absolute Gasteiger partial charge is 0.271 e. The van der Waals surface area contributed by atoms with Crippen LogP contribution in [-0.4, -0.2) is 26.3 Å². The third-order valence-electron chi connectivity index (χ3n) is 3.87. The Hall–Kier alpha value is -2.65. The number of hydrogen-bond acceptors (Lipinski definition) is 8. The molecule has 138 valence electrons. The van der Waals surface area contributed by atoms with Crippen LogP contribution in [0.3, 0.4) is 0 Å². The van der Waals surface area contributed by atoms with Crippen molar-refractivity contribution in [3.63, 3.8) is 0 Å². The molecule has 3 heterocycles. The van der Waals surface area contributed by atoms with Crippen molar-refractivity contribution in [1.82, 2.24) is 19.7 Å². The van der Waals surface area contributed by atoms with Gasteiger partial charge in [0.1, 0.15) is 10.4 Å². The summed E-state index contributed by atoms with van der Waals surface area (Å²) in [7, 11) is 1.72. The molecule has 7 nitrogen and oxygen atoms in total. The van der Waals surface area contributed by atoms with E-state index in [0.29, 0.717) is 45.2 Å². The molecule has 9 heteroatoms. The van der Waals surface area contributed by atoms with Gasteiger partial charge in [-0.1, -0.05) is 29.1 Å². The van der Waals surface area contributed by atoms with Crippen LogP contribution >= 0.6 is 23.1 Å². The van der Waals surface area contributed by atoms with Crippen molar-refractivity contribution in [3.8, 4) is 17.1 Å². The Morgan fingerprint density at radius 2 is 2.11 bits per heavy atom. The molecule has 0 saturated carbocycles. The lowest BCUT2D eigenvalue weighted by Gasteiger charge is -2.06. The van der Waals surface area contributed by atoms with Gasteiger partial charge in [0.25, 0.3) is 5.56 Å². The fourth-order valence-corrected chi connectivity index (χ4v) is 4.19. The molecular weight excluding hydrogens is 384 g/mol. The van der Waals surface area contributed by atoms with Crippen LogP contribution < -0.4 is 10.3 Å². The van der Waals surface area contributed by atoms with Gasteiger partial charge < -0.3 is 9.26 Å². The third-order valence-corrected chi connectivity index (χ3v) is 5.77. The Morgan fingerprint density at radius 1 is 1.26 bits per heavy atom. The van der Waals surface area contributed by atoms with Crippen LogP contribution in [0.25, 0.3) is 21.6 Å². The molecule has 0 aliphatic carbocycles. The summed E-state index contributed by atoms with van der Waals surface area (Å²) in [6, 6.07) is 9.42. The first-order valence-electron chi connectivity index (χ1n) is 8.29. The van der Waals surface area contributed by atoms with Gasteiger partial charge in [-0.2, -0.15) is 4.98 Å². The van der Waals surface area contributed by atoms with Crippen LogP contribution in [0.15, 0.2) is 50.2 Å². The van der Waals surface area contributed by atoms with Crippen molar-refractivity contribution in [3.05, 3.63) is 52.0 Å². The van der Waals surface area contributed by atoms with Gasteiger partial charge in [0.15, 0.2) is 5.16 Å². The van der Waals surface area contributed by atoms with Crippen LogP contribution in [-0.2, 0) is 12.8 Å². The van der Waals surface area contributed by atoms with Crippen molar-refractivity contribution in [2.75, 3.05) is 6.61 Å². The highest BCUT2D eigenvalue weighted by atomic mass is 32.2. The summed E-state index contributed by atoms with van der Waals surface area (Å²) in [5.74, 6) is 2.07. The number of aromatic nitrogens is 4. The minimum Gasteiger partial charge on any atom is -0.493 e. The maximum absolute atomic E-state index is 12.4. The standard InChI is InChI=1S/C18H16N4O3S2/c1-3-24-13-7-5-4-6-11(13)16-20-14(25-21-16)10-27-18-19-12-8-9-26-15(12)17(23)22(18)2/h4-9H,3,10H2,1-2H3. The zero-order valence-electron chi connectivity index (χ0n) is 14.7. The molecule has 0 spiro atoms. The third kappa shape index (κ3) is 3.47. The second kappa shape index (κ2) is 7.53. The van der Waals surface area contributed by atoms with E-state index in [0.717, 1.165) is 5.56 Å². The van der Waals surface area contributed by atoms with Crippen LogP contribution in [0.1, 0.15) is 12.8 Å². The molecule has 0 amide bonds. The Morgan fingerprint density at radius 3 is 2.96 bits per heavy atom. The first-order chi connectivity index (χ1) is 13.2. The molecule has 0 radical (unpaired) electrons. The van der Waals surface area contributed by atoms with Crippen molar-refractivity contribution in [2.45, 2.75) is 17.8 Å². The Kier molecular flexibility index (Phi) is 4.95. The molecule has 0 fully saturated rings. The van der Waals surface area contributed by atoms with Gasteiger partial charge in [-0.05, 0) is 30.5 Å². The lowest BCUT2D eigenvalue weighted by molar-refractivity contribution is 0.341. The van der Waals surface area contributed by atoms with Gasteiger partial charge in [-0.15, -0.1) is 11.3 Å². The van der Waals surface area contributed by atoms with E-state index in [1.807, 2.05) is 42.6 Å². The highest BCUT2D eigenvalue weighted by molar-refractivity contribution is 7.98. The van der Waals surface area contributed by atoms with E-state index in [-0.39, 0.29) is 5.56 Å². The molecule has 0 N–H and O–H groups in total. The Bertz CT molecular complexity index is 1150. The van der Waals surface area contributed by atoms with Crippen molar-refractivity contribution < 1.29 is 9.26 Å². The molecule has 4 aromatic rings. The van der Waals surface area contributed by atoms with E-state index < -0.39 is 0 Å². The van der Waals surface area contributed by atoms with Gasteiger partial charge in [-0.3, -0.25) is 9.36 Å². The average molecular weight is 400 g/mol. The summed E-state index contributed by atoms with van der Waals surface area (Å²) in [5, 5.41) is 6.54. The van der Waals surface area contributed by atoms with Gasteiger partial charge >= 0.3 is 0 Å². The zero-order chi connectivity index (χ0) is 18.8. The highest BCUT2D eigenvalue weighted by Gasteiger charge is 2.15. The quantitative estimate of drug-likeness (QED) is 0.360. The zero-order valence-corrected chi connectivity index (χ0v) is 16.3. The fourth-order valence-electron chi connectivity index (χ4n) is 2.58. The number of thiophene rings is 1. The minimum absolute atomic E-state index is 0.0469. The predicted octanol–water partition coefficient (Wildman–Crippen LogP) is 3.74. The maximum atomic E-state index is 12.4. The molecule has 0 atom stereocenters. The molecule has 1 aromatic carbocycles. The van der Waals surface area contributed by atoms with Gasteiger partial charge in [-0.25, -0.2) is 4.98 Å². The molecule has 27 heavy (non-hydrogen) atoms. The highest BCUT2D eigenvalue weighted by Crippen LogP contribution is 2.29. The second-order valence-corrected chi connectivity index (χ2v) is 7.48. The van der Waals surface area contributed by atoms with Gasteiger partial charge in [0, 0.05) is 7.05 Å². The second-order valence-electron chi connectivity index (χ2n) is 5.62. The summed E-state index contributed by atoms with van der Waals surface area (Å²) in [4.78, 5) is 21.4. The fraction of sp³-hybridized carbons (Fsp3) is 0.222. The molecule has 4 rings (SSSR count). The Balaban J connectivity index is 1.56. The lowest BCUT2D eigenvalue weighted by Crippen LogP contribution is -2.18. The molecular formula is C18H16N4O3S2. The summed E-state index contributed by atoms with van der Waals surface area (Å²) < 4.78 is 13.2. The van der Waals surface area contributed by atoms with E-state index in [4.69, 9.17) is 9.26 Å². The summed E-state index contributed by atoms with van der Waals surface area (Å²) in [6.07, 6.45) is 0. The van der Waals surface area contributed by atoms with E-state index >= 15 is 0 Å². The first-order valence-corrected chi connectivity index (χ1v) is 10.2. The summed E-state index contributed by atoms with van der Waals surface area (Å²) >= 11 is 2.78. The lowest BCUT2D eigenvalue weighted by atomic mass is 10.2. The average Bonchev–Trinajstić information content (AvgIpc) is 3.34. The number of thioether (sulfide) groups is 1. The van der Waals surface area contributed by atoms with Crippen LogP contribution in [0.4, 0.5) is 0 Å². The van der Waals surface area contributed by atoms with Crippen LogP contribution in [0, 0.1) is 0 Å². The largest absolute Gasteiger partial charge is 0.493 e. The molecule has 0 saturated heterocycles. The maximum Gasteiger partial charge on any atom is 0.271 e. The van der Waals surface area contributed by atoms with Crippen molar-refractivity contribution >= 4 is 33.3 Å². The summed E-state index contributed by atoms with van der Waals surface area (Å²) in [6.45, 7) is 2.49. The molecule has 0 aliphatic heterocycles. The van der Waals surface area contributed by atoms with Crippen LogP contribution in [0.5, 0.6) is 5.75 Å².